The van der Waals surface area contributed by atoms with E-state index in [1.54, 1.807) is 13.0 Å². The summed E-state index contributed by atoms with van der Waals surface area (Å²) in [6, 6.07) is 7.37. The number of allylic oxidation sites excluding steroid dienone is 3. The van der Waals surface area contributed by atoms with Crippen LogP contribution in [0, 0.1) is 0 Å². The molecule has 1 aromatic rings. The number of hydrogen-bond donors (Lipinski definition) is 0. The van der Waals surface area contributed by atoms with Crippen LogP contribution in [-0.4, -0.2) is 12.6 Å². The molecular formula is C14H16O2. The molecule has 84 valence electrons. The van der Waals surface area contributed by atoms with Gasteiger partial charge in [0, 0.05) is 0 Å². The molecule has 0 aliphatic heterocycles. The van der Waals surface area contributed by atoms with Gasteiger partial charge in [0.25, 0.3) is 0 Å². The number of carbonyl (C=O) groups is 1. The molecule has 0 aliphatic rings. The Morgan fingerprint density at radius 3 is 2.88 bits per heavy atom. The van der Waals surface area contributed by atoms with Gasteiger partial charge in [-0.2, -0.15) is 0 Å². The molecule has 0 unspecified atom stereocenters. The van der Waals surface area contributed by atoms with Gasteiger partial charge in [-0.25, -0.2) is 4.79 Å². The Hall–Kier alpha value is -1.83. The van der Waals surface area contributed by atoms with Crippen LogP contribution in [0.15, 0.2) is 42.5 Å². The van der Waals surface area contributed by atoms with Crippen LogP contribution in [0.2, 0.25) is 0 Å². The predicted octanol–water partition coefficient (Wildman–Crippen LogP) is 3.45. The van der Waals surface area contributed by atoms with E-state index in [1.165, 1.54) is 0 Å². The first-order chi connectivity index (χ1) is 7.77. The van der Waals surface area contributed by atoms with Crippen LogP contribution in [0.4, 0.5) is 0 Å². The summed E-state index contributed by atoms with van der Waals surface area (Å²) < 4.78 is 4.93. The van der Waals surface area contributed by atoms with E-state index in [2.05, 4.69) is 0 Å². The van der Waals surface area contributed by atoms with E-state index in [9.17, 15) is 4.79 Å². The summed E-state index contributed by atoms with van der Waals surface area (Å²) in [6.07, 6.45) is 7.77. The van der Waals surface area contributed by atoms with Gasteiger partial charge in [-0.15, -0.1) is 0 Å². The quantitative estimate of drug-likeness (QED) is 0.569. The number of hydrogen-bond acceptors (Lipinski definition) is 2. The highest BCUT2D eigenvalue weighted by molar-refractivity contribution is 5.90. The lowest BCUT2D eigenvalue weighted by molar-refractivity contribution is 0.0526. The second-order valence-corrected chi connectivity index (χ2v) is 3.23. The molecule has 0 N–H and O–H groups in total. The van der Waals surface area contributed by atoms with Crippen LogP contribution >= 0.6 is 0 Å². The summed E-state index contributed by atoms with van der Waals surface area (Å²) in [6.45, 7) is 4.16. The summed E-state index contributed by atoms with van der Waals surface area (Å²) in [5, 5.41) is 0. The van der Waals surface area contributed by atoms with Crippen molar-refractivity contribution in [1.82, 2.24) is 0 Å². The van der Waals surface area contributed by atoms with Crippen molar-refractivity contribution in [1.29, 1.82) is 0 Å². The fourth-order valence-corrected chi connectivity index (χ4v) is 1.26. The molecule has 0 radical (unpaired) electrons. The van der Waals surface area contributed by atoms with E-state index in [0.29, 0.717) is 12.2 Å². The SMILES string of the molecule is C/C=C/C=C/c1cccc(C(=O)OCC)c1. The maximum atomic E-state index is 11.5. The molecule has 0 saturated carbocycles. The van der Waals surface area contributed by atoms with Crippen LogP contribution in [0.3, 0.4) is 0 Å². The largest absolute Gasteiger partial charge is 0.462 e. The summed E-state index contributed by atoms with van der Waals surface area (Å²) in [5.74, 6) is -0.274. The predicted molar refractivity (Wildman–Crippen MR) is 66.2 cm³/mol. The molecule has 2 nitrogen and oxygen atoms in total. The highest BCUT2D eigenvalue weighted by atomic mass is 16.5. The normalized spacial score (nSPS) is 11.1. The summed E-state index contributed by atoms with van der Waals surface area (Å²) in [7, 11) is 0. The number of benzene rings is 1. The third-order valence-corrected chi connectivity index (χ3v) is 1.99. The standard InChI is InChI=1S/C14H16O2/c1-3-5-6-8-12-9-7-10-13(11-12)14(15)16-4-2/h3,5-11H,4H2,1-2H3/b5-3+,8-6+. The minimum Gasteiger partial charge on any atom is -0.462 e. The first-order valence-electron chi connectivity index (χ1n) is 5.34. The van der Waals surface area contributed by atoms with Gasteiger partial charge < -0.3 is 4.74 Å². The Balaban J connectivity index is 2.82. The van der Waals surface area contributed by atoms with Crippen molar-refractivity contribution in [2.75, 3.05) is 6.61 Å². The van der Waals surface area contributed by atoms with Crippen molar-refractivity contribution in [2.24, 2.45) is 0 Å². The van der Waals surface area contributed by atoms with Gasteiger partial charge >= 0.3 is 5.97 Å². The van der Waals surface area contributed by atoms with Crippen LogP contribution in [-0.2, 0) is 4.74 Å². The fourth-order valence-electron chi connectivity index (χ4n) is 1.26. The van der Waals surface area contributed by atoms with Crippen molar-refractivity contribution >= 4 is 12.0 Å². The van der Waals surface area contributed by atoms with E-state index < -0.39 is 0 Å². The van der Waals surface area contributed by atoms with Crippen LogP contribution in [0.25, 0.3) is 6.08 Å². The fraction of sp³-hybridized carbons (Fsp3) is 0.214. The Morgan fingerprint density at radius 2 is 2.19 bits per heavy atom. The molecule has 0 saturated heterocycles. The summed E-state index contributed by atoms with van der Waals surface area (Å²) >= 11 is 0. The molecule has 1 rings (SSSR count). The average molecular weight is 216 g/mol. The Labute approximate surface area is 96.2 Å². The van der Waals surface area contributed by atoms with Gasteiger partial charge in [-0.05, 0) is 31.5 Å². The van der Waals surface area contributed by atoms with E-state index in [1.807, 2.05) is 49.4 Å². The summed E-state index contributed by atoms with van der Waals surface area (Å²) in [4.78, 5) is 11.5. The van der Waals surface area contributed by atoms with Crippen molar-refractivity contribution < 1.29 is 9.53 Å². The van der Waals surface area contributed by atoms with E-state index in [-0.39, 0.29) is 5.97 Å². The third kappa shape index (κ3) is 3.73. The number of ether oxygens (including phenoxy) is 1. The summed E-state index contributed by atoms with van der Waals surface area (Å²) in [5.41, 5.74) is 1.58. The van der Waals surface area contributed by atoms with Gasteiger partial charge in [0.05, 0.1) is 12.2 Å². The monoisotopic (exact) mass is 216 g/mol. The number of esters is 1. The molecule has 2 heteroatoms. The second kappa shape index (κ2) is 6.62. The van der Waals surface area contributed by atoms with E-state index in [0.717, 1.165) is 5.56 Å². The molecule has 0 amide bonds. The highest BCUT2D eigenvalue weighted by Crippen LogP contribution is 2.08. The molecule has 0 aromatic heterocycles. The van der Waals surface area contributed by atoms with Crippen LogP contribution in [0.1, 0.15) is 29.8 Å². The van der Waals surface area contributed by atoms with Crippen LogP contribution < -0.4 is 0 Å². The van der Waals surface area contributed by atoms with Crippen molar-refractivity contribution in [3.8, 4) is 0 Å². The Morgan fingerprint density at radius 1 is 1.38 bits per heavy atom. The maximum Gasteiger partial charge on any atom is 0.338 e. The number of rotatable bonds is 4. The third-order valence-electron chi connectivity index (χ3n) is 1.99. The average Bonchev–Trinajstić information content (AvgIpc) is 2.30. The van der Waals surface area contributed by atoms with Crippen LogP contribution in [0.5, 0.6) is 0 Å². The van der Waals surface area contributed by atoms with Crippen molar-refractivity contribution in [2.45, 2.75) is 13.8 Å². The first-order valence-corrected chi connectivity index (χ1v) is 5.34. The smallest absolute Gasteiger partial charge is 0.338 e. The van der Waals surface area contributed by atoms with Gasteiger partial charge in [0.15, 0.2) is 0 Å². The molecular weight excluding hydrogens is 200 g/mol. The second-order valence-electron chi connectivity index (χ2n) is 3.23. The lowest BCUT2D eigenvalue weighted by atomic mass is 10.1. The maximum absolute atomic E-state index is 11.5. The van der Waals surface area contributed by atoms with E-state index in [4.69, 9.17) is 4.74 Å². The molecule has 0 atom stereocenters. The van der Waals surface area contributed by atoms with E-state index >= 15 is 0 Å². The molecule has 0 aliphatic carbocycles. The molecule has 0 fully saturated rings. The van der Waals surface area contributed by atoms with Gasteiger partial charge in [0.2, 0.25) is 0 Å². The Kier molecular flexibility index (Phi) is 5.06. The minimum absolute atomic E-state index is 0.274. The Bertz CT molecular complexity index is 403. The van der Waals surface area contributed by atoms with Gasteiger partial charge in [-0.3, -0.25) is 0 Å². The molecule has 1 aromatic carbocycles. The van der Waals surface area contributed by atoms with Gasteiger partial charge in [-0.1, -0.05) is 36.4 Å². The molecule has 16 heavy (non-hydrogen) atoms. The molecule has 0 bridgehead atoms. The van der Waals surface area contributed by atoms with Gasteiger partial charge in [0.1, 0.15) is 0 Å². The topological polar surface area (TPSA) is 26.3 Å². The van der Waals surface area contributed by atoms with Crippen molar-refractivity contribution in [3.05, 3.63) is 53.6 Å². The zero-order valence-corrected chi connectivity index (χ0v) is 9.64. The zero-order chi connectivity index (χ0) is 11.8. The van der Waals surface area contributed by atoms with Crippen molar-refractivity contribution in [3.63, 3.8) is 0 Å². The lowest BCUT2D eigenvalue weighted by Crippen LogP contribution is -2.04. The lowest BCUT2D eigenvalue weighted by Gasteiger charge is -2.02. The first kappa shape index (κ1) is 12.2. The molecule has 0 heterocycles. The number of carbonyl (C=O) groups excluding carboxylic acids is 1. The highest BCUT2D eigenvalue weighted by Gasteiger charge is 2.04. The minimum atomic E-state index is -0.274. The zero-order valence-electron chi connectivity index (χ0n) is 9.64. The molecule has 0 spiro atoms.